The lowest BCUT2D eigenvalue weighted by Gasteiger charge is -2.09. The number of aryl methyl sites for hydroxylation is 2. The van der Waals surface area contributed by atoms with Crippen LogP contribution < -0.4 is 0 Å². The Balaban J connectivity index is 1.48. The second kappa shape index (κ2) is 9.81. The standard InChI is InChI=1S/C26H27ClF3N7/c1-4-35-15-23(26(28,29)30)33-25(35)17-8-10-18(11-9-17)32-20-7-5-6-12-36-22(20)13-21(34-36)24-19(27)14-31-37(24)16(2)3/h8-11,13-16H,4-7,12H2,1-3H3/b32-20+. The second-order valence-electron chi connectivity index (χ2n) is 9.31. The summed E-state index contributed by atoms with van der Waals surface area (Å²) in [6.45, 7) is 7.04. The van der Waals surface area contributed by atoms with Gasteiger partial charge in [0.05, 0.1) is 28.3 Å². The van der Waals surface area contributed by atoms with Crippen molar-refractivity contribution >= 4 is 23.0 Å². The maximum Gasteiger partial charge on any atom is 0.434 e. The third kappa shape index (κ3) is 4.94. The van der Waals surface area contributed by atoms with Crippen molar-refractivity contribution in [3.05, 3.63) is 59.1 Å². The molecule has 1 aliphatic rings. The zero-order valence-corrected chi connectivity index (χ0v) is 21.6. The number of halogens is 4. The molecule has 11 heteroatoms. The Hall–Kier alpha value is -3.40. The van der Waals surface area contributed by atoms with E-state index in [1.165, 1.54) is 4.57 Å². The Labute approximate surface area is 217 Å². The van der Waals surface area contributed by atoms with Crippen molar-refractivity contribution < 1.29 is 13.2 Å². The highest BCUT2D eigenvalue weighted by Crippen LogP contribution is 2.33. The van der Waals surface area contributed by atoms with E-state index < -0.39 is 11.9 Å². The number of rotatable bonds is 5. The molecule has 0 aliphatic carbocycles. The molecule has 0 spiro atoms. The zero-order valence-electron chi connectivity index (χ0n) is 20.8. The van der Waals surface area contributed by atoms with Gasteiger partial charge >= 0.3 is 6.18 Å². The van der Waals surface area contributed by atoms with E-state index in [0.29, 0.717) is 22.8 Å². The molecule has 3 aromatic heterocycles. The van der Waals surface area contributed by atoms with Gasteiger partial charge in [-0.2, -0.15) is 23.4 Å². The van der Waals surface area contributed by atoms with Gasteiger partial charge in [0.2, 0.25) is 0 Å². The number of benzene rings is 1. The number of aromatic nitrogens is 6. The molecular formula is C26H27ClF3N7. The maximum atomic E-state index is 13.2. The lowest BCUT2D eigenvalue weighted by Crippen LogP contribution is -2.07. The highest BCUT2D eigenvalue weighted by Gasteiger charge is 2.34. The molecule has 0 saturated carbocycles. The van der Waals surface area contributed by atoms with Gasteiger partial charge in [0.25, 0.3) is 0 Å². The fourth-order valence-electron chi connectivity index (χ4n) is 4.57. The molecule has 0 fully saturated rings. The zero-order chi connectivity index (χ0) is 26.3. The quantitative estimate of drug-likeness (QED) is 0.275. The third-order valence-corrected chi connectivity index (χ3v) is 6.67. The fourth-order valence-corrected chi connectivity index (χ4v) is 4.79. The number of aliphatic imine (C=N–C) groups is 1. The molecule has 0 N–H and O–H groups in total. The lowest BCUT2D eigenvalue weighted by atomic mass is 10.1. The van der Waals surface area contributed by atoms with Crippen LogP contribution in [0.15, 0.2) is 47.7 Å². The van der Waals surface area contributed by atoms with E-state index in [9.17, 15) is 13.2 Å². The summed E-state index contributed by atoms with van der Waals surface area (Å²) in [6, 6.07) is 9.27. The monoisotopic (exact) mass is 529 g/mol. The Morgan fingerprint density at radius 2 is 1.89 bits per heavy atom. The molecule has 0 radical (unpaired) electrons. The van der Waals surface area contributed by atoms with Crippen LogP contribution in [0.4, 0.5) is 18.9 Å². The number of alkyl halides is 3. The van der Waals surface area contributed by atoms with Crippen LogP contribution in [0, 0.1) is 0 Å². The Kier molecular flexibility index (Phi) is 6.70. The molecule has 7 nitrogen and oxygen atoms in total. The van der Waals surface area contributed by atoms with E-state index in [1.807, 2.05) is 41.4 Å². The van der Waals surface area contributed by atoms with E-state index in [0.717, 1.165) is 54.8 Å². The highest BCUT2D eigenvalue weighted by molar-refractivity contribution is 6.33. The molecule has 0 atom stereocenters. The van der Waals surface area contributed by atoms with Gasteiger partial charge < -0.3 is 4.57 Å². The number of imidazole rings is 1. The summed E-state index contributed by atoms with van der Waals surface area (Å²) in [6.07, 6.45) is 0.947. The first-order chi connectivity index (χ1) is 17.7. The predicted molar refractivity (Wildman–Crippen MR) is 137 cm³/mol. The molecule has 4 heterocycles. The third-order valence-electron chi connectivity index (χ3n) is 6.39. The van der Waals surface area contributed by atoms with Gasteiger partial charge in [0.15, 0.2) is 5.69 Å². The molecule has 37 heavy (non-hydrogen) atoms. The Bertz CT molecular complexity index is 1440. The van der Waals surface area contributed by atoms with Crippen LogP contribution in [-0.4, -0.2) is 34.8 Å². The first-order valence-corrected chi connectivity index (χ1v) is 12.7. The summed E-state index contributed by atoms with van der Waals surface area (Å²) < 4.78 is 44.9. The minimum Gasteiger partial charge on any atom is -0.331 e. The first-order valence-electron chi connectivity index (χ1n) is 12.3. The summed E-state index contributed by atoms with van der Waals surface area (Å²) >= 11 is 6.47. The number of hydrogen-bond acceptors (Lipinski definition) is 4. The van der Waals surface area contributed by atoms with Crippen LogP contribution in [-0.2, 0) is 19.3 Å². The molecule has 0 amide bonds. The van der Waals surface area contributed by atoms with Crippen molar-refractivity contribution in [3.63, 3.8) is 0 Å². The Morgan fingerprint density at radius 3 is 2.57 bits per heavy atom. The van der Waals surface area contributed by atoms with E-state index >= 15 is 0 Å². The van der Waals surface area contributed by atoms with Gasteiger partial charge in [-0.15, -0.1) is 0 Å². The van der Waals surface area contributed by atoms with Gasteiger partial charge in [0, 0.05) is 30.9 Å². The second-order valence-corrected chi connectivity index (χ2v) is 9.72. The largest absolute Gasteiger partial charge is 0.434 e. The molecule has 4 aromatic rings. The molecule has 194 valence electrons. The maximum absolute atomic E-state index is 13.2. The molecular weight excluding hydrogens is 503 g/mol. The van der Waals surface area contributed by atoms with Crippen LogP contribution in [0.25, 0.3) is 22.8 Å². The van der Waals surface area contributed by atoms with Crippen molar-refractivity contribution in [3.8, 4) is 22.8 Å². The summed E-state index contributed by atoms with van der Waals surface area (Å²) in [5.74, 6) is 0.282. The van der Waals surface area contributed by atoms with Crippen molar-refractivity contribution in [1.29, 1.82) is 0 Å². The van der Waals surface area contributed by atoms with Gasteiger partial charge in [-0.1, -0.05) is 11.6 Å². The molecule has 5 rings (SSSR count). The smallest absolute Gasteiger partial charge is 0.331 e. The average molecular weight is 530 g/mol. The van der Waals surface area contributed by atoms with Gasteiger partial charge in [-0.25, -0.2) is 4.98 Å². The van der Waals surface area contributed by atoms with Crippen LogP contribution >= 0.6 is 11.6 Å². The van der Waals surface area contributed by atoms with Gasteiger partial charge in [-0.3, -0.25) is 14.4 Å². The summed E-state index contributed by atoms with van der Waals surface area (Å²) in [7, 11) is 0. The van der Waals surface area contributed by atoms with Crippen LogP contribution in [0.1, 0.15) is 57.5 Å². The van der Waals surface area contributed by atoms with Crippen molar-refractivity contribution in [1.82, 2.24) is 29.1 Å². The van der Waals surface area contributed by atoms with Gasteiger partial charge in [-0.05, 0) is 70.4 Å². The highest BCUT2D eigenvalue weighted by atomic mass is 35.5. The predicted octanol–water partition coefficient (Wildman–Crippen LogP) is 7.19. The van der Waals surface area contributed by atoms with Crippen LogP contribution in [0.5, 0.6) is 0 Å². The summed E-state index contributed by atoms with van der Waals surface area (Å²) in [4.78, 5) is 8.75. The average Bonchev–Trinajstić information content (AvgIpc) is 3.55. The van der Waals surface area contributed by atoms with E-state index in [4.69, 9.17) is 21.7 Å². The molecule has 0 unspecified atom stereocenters. The summed E-state index contributed by atoms with van der Waals surface area (Å²) in [5, 5.41) is 9.78. The van der Waals surface area contributed by atoms with Crippen LogP contribution in [0.2, 0.25) is 5.02 Å². The minimum absolute atomic E-state index is 0.131. The number of fused-ring (bicyclic) bond motifs is 1. The SMILES string of the molecule is CCn1cc(C(F)(F)F)nc1-c1ccc(/N=C2\CCCCn3nc(-c4c(Cl)cnn4C(C)C)cc32)cc1. The fraction of sp³-hybridized carbons (Fsp3) is 0.385. The molecule has 0 saturated heterocycles. The van der Waals surface area contributed by atoms with Crippen LogP contribution in [0.3, 0.4) is 0 Å². The minimum atomic E-state index is -4.49. The normalized spacial score (nSPS) is 15.4. The van der Waals surface area contributed by atoms with E-state index in [-0.39, 0.29) is 11.9 Å². The number of nitrogens with zero attached hydrogens (tertiary/aromatic N) is 7. The van der Waals surface area contributed by atoms with Gasteiger partial charge in [0.1, 0.15) is 17.2 Å². The topological polar surface area (TPSA) is 65.8 Å². The van der Waals surface area contributed by atoms with Crippen molar-refractivity contribution in [2.24, 2.45) is 4.99 Å². The van der Waals surface area contributed by atoms with Crippen molar-refractivity contribution in [2.45, 2.75) is 65.3 Å². The number of hydrogen-bond donors (Lipinski definition) is 0. The summed E-state index contributed by atoms with van der Waals surface area (Å²) in [5.41, 5.74) is 3.80. The molecule has 1 aliphatic heterocycles. The Morgan fingerprint density at radius 1 is 1.14 bits per heavy atom. The molecule has 0 bridgehead atoms. The van der Waals surface area contributed by atoms with E-state index in [1.54, 1.807) is 25.3 Å². The lowest BCUT2D eigenvalue weighted by molar-refractivity contribution is -0.140. The first kappa shape index (κ1) is 25.3. The van der Waals surface area contributed by atoms with Crippen molar-refractivity contribution in [2.75, 3.05) is 0 Å². The molecule has 1 aromatic carbocycles. The van der Waals surface area contributed by atoms with E-state index in [2.05, 4.69) is 10.1 Å².